The lowest BCUT2D eigenvalue weighted by atomic mass is 10.1. The average Bonchev–Trinajstić information content (AvgIpc) is 3.46. The molecule has 0 radical (unpaired) electrons. The number of hydrogen-bond donors (Lipinski definition) is 1. The van der Waals surface area contributed by atoms with Gasteiger partial charge in [-0.15, -0.1) is 0 Å². The van der Waals surface area contributed by atoms with Gasteiger partial charge in [-0.25, -0.2) is 4.98 Å². The Kier molecular flexibility index (Phi) is 10.5. The SMILES string of the molecule is CC(C)(C)[Si](C)(C)OC[C@H]1O[C@@H](n2cnc3c(NCc4cccc(I)c4)nc(Cl)nc32)[C@H](O[Si](C)(C)C(C)(C)C)[C@@H]1N=[N+]=[N-]. The highest BCUT2D eigenvalue weighted by Crippen LogP contribution is 2.44. The van der Waals surface area contributed by atoms with Crippen molar-refractivity contribution in [3.8, 4) is 0 Å². The van der Waals surface area contributed by atoms with Crippen LogP contribution in [-0.2, 0) is 20.1 Å². The molecule has 0 unspecified atom stereocenters. The molecule has 0 amide bonds. The molecule has 11 nitrogen and oxygen atoms in total. The Morgan fingerprint density at radius 2 is 1.80 bits per heavy atom. The van der Waals surface area contributed by atoms with Gasteiger partial charge in [0.15, 0.2) is 39.8 Å². The molecule has 3 aromatic rings. The Balaban J connectivity index is 1.75. The molecular formula is C29H44ClIN8O3Si2. The second-order valence-corrected chi connectivity index (χ2v) is 25.5. The molecule has 15 heteroatoms. The molecule has 240 valence electrons. The fraction of sp³-hybridized carbons (Fsp3) is 0.621. The van der Waals surface area contributed by atoms with Crippen LogP contribution in [0.1, 0.15) is 53.3 Å². The van der Waals surface area contributed by atoms with Crippen LogP contribution in [0, 0.1) is 3.57 Å². The first-order chi connectivity index (χ1) is 20.3. The number of rotatable bonds is 10. The third-order valence-corrected chi connectivity index (χ3v) is 19.0. The molecule has 1 fully saturated rings. The van der Waals surface area contributed by atoms with E-state index < -0.39 is 41.1 Å². The molecule has 0 aliphatic carbocycles. The van der Waals surface area contributed by atoms with E-state index in [9.17, 15) is 5.53 Å². The molecular weight excluding hydrogens is 727 g/mol. The Labute approximate surface area is 280 Å². The summed E-state index contributed by atoms with van der Waals surface area (Å²) in [4.78, 5) is 16.9. The summed E-state index contributed by atoms with van der Waals surface area (Å²) < 4.78 is 23.2. The molecule has 0 saturated carbocycles. The summed E-state index contributed by atoms with van der Waals surface area (Å²) in [6.45, 7) is 22.7. The Morgan fingerprint density at radius 3 is 2.41 bits per heavy atom. The Bertz CT molecular complexity index is 1540. The fourth-order valence-electron chi connectivity index (χ4n) is 4.46. The van der Waals surface area contributed by atoms with Gasteiger partial charge in [-0.2, -0.15) is 9.97 Å². The van der Waals surface area contributed by atoms with E-state index in [1.165, 1.54) is 0 Å². The van der Waals surface area contributed by atoms with Crippen LogP contribution in [0.5, 0.6) is 0 Å². The van der Waals surface area contributed by atoms with Crippen LogP contribution in [0.2, 0.25) is 41.5 Å². The van der Waals surface area contributed by atoms with Crippen molar-refractivity contribution in [2.24, 2.45) is 5.11 Å². The molecule has 4 rings (SSSR count). The maximum Gasteiger partial charge on any atom is 0.226 e. The number of nitrogens with zero attached hydrogens (tertiary/aromatic N) is 7. The summed E-state index contributed by atoms with van der Waals surface area (Å²) >= 11 is 8.76. The number of anilines is 1. The molecule has 1 aliphatic heterocycles. The van der Waals surface area contributed by atoms with E-state index in [1.54, 1.807) is 6.33 Å². The van der Waals surface area contributed by atoms with Crippen molar-refractivity contribution in [2.75, 3.05) is 11.9 Å². The van der Waals surface area contributed by atoms with Gasteiger partial charge in [0.2, 0.25) is 5.28 Å². The largest absolute Gasteiger partial charge is 0.414 e. The molecule has 3 heterocycles. The van der Waals surface area contributed by atoms with Gasteiger partial charge in [0, 0.05) is 15.0 Å². The van der Waals surface area contributed by atoms with E-state index in [0.717, 1.165) is 9.13 Å². The summed E-state index contributed by atoms with van der Waals surface area (Å²) in [5.74, 6) is 0.516. The fourth-order valence-corrected chi connectivity index (χ4v) is 7.54. The minimum atomic E-state index is -2.36. The topological polar surface area (TPSA) is 132 Å². The minimum absolute atomic E-state index is 0.00564. The molecule has 1 aromatic carbocycles. The van der Waals surface area contributed by atoms with Gasteiger partial charge in [-0.1, -0.05) is 58.8 Å². The highest BCUT2D eigenvalue weighted by atomic mass is 127. The van der Waals surface area contributed by atoms with E-state index in [1.807, 2.05) is 22.8 Å². The first-order valence-electron chi connectivity index (χ1n) is 14.7. The third-order valence-electron chi connectivity index (χ3n) is 9.17. The standard InChI is InChI=1S/C29H44ClIN8O3Si2/c1-28(2,3)43(7,8)40-16-20-21(37-38-32)23(42-44(9,10)29(4,5)6)26(41-20)39-17-34-22-24(35-27(30)36-25(22)39)33-15-18-12-11-13-19(31)14-18/h11-14,17,20-21,23,26H,15-16H2,1-10H3,(H,33,35,36)/t20-,21-,23-,26-/m1/s1. The van der Waals surface area contributed by atoms with E-state index in [2.05, 4.69) is 122 Å². The lowest BCUT2D eigenvalue weighted by Crippen LogP contribution is -2.49. The molecule has 4 atom stereocenters. The van der Waals surface area contributed by atoms with Crippen LogP contribution >= 0.6 is 34.2 Å². The number of nitrogens with one attached hydrogen (secondary N) is 1. The minimum Gasteiger partial charge on any atom is -0.414 e. The van der Waals surface area contributed by atoms with E-state index in [4.69, 9.17) is 30.2 Å². The average molecular weight is 771 g/mol. The van der Waals surface area contributed by atoms with Gasteiger partial charge < -0.3 is 18.9 Å². The molecule has 1 N–H and O–H groups in total. The maximum absolute atomic E-state index is 9.67. The number of imidazole rings is 1. The number of ether oxygens (including phenoxy) is 1. The van der Waals surface area contributed by atoms with Crippen LogP contribution in [0.4, 0.5) is 5.82 Å². The van der Waals surface area contributed by atoms with Gasteiger partial charge in [0.1, 0.15) is 6.10 Å². The van der Waals surface area contributed by atoms with Gasteiger partial charge in [0.05, 0.1) is 25.1 Å². The number of fused-ring (bicyclic) bond motifs is 1. The van der Waals surface area contributed by atoms with E-state index in [-0.39, 0.29) is 22.0 Å². The van der Waals surface area contributed by atoms with Crippen molar-refractivity contribution in [3.63, 3.8) is 0 Å². The third kappa shape index (κ3) is 7.60. The maximum atomic E-state index is 9.67. The normalized spacial score (nSPS) is 21.5. The Hall–Kier alpha value is -1.79. The number of aromatic nitrogens is 4. The monoisotopic (exact) mass is 770 g/mol. The number of azide groups is 1. The van der Waals surface area contributed by atoms with Crippen LogP contribution in [-0.4, -0.2) is 61.0 Å². The zero-order valence-electron chi connectivity index (χ0n) is 27.2. The first-order valence-corrected chi connectivity index (χ1v) is 22.0. The van der Waals surface area contributed by atoms with E-state index >= 15 is 0 Å². The zero-order valence-corrected chi connectivity index (χ0v) is 32.1. The van der Waals surface area contributed by atoms with Crippen molar-refractivity contribution in [1.29, 1.82) is 0 Å². The predicted octanol–water partition coefficient (Wildman–Crippen LogP) is 8.68. The molecule has 0 bridgehead atoms. The second-order valence-electron chi connectivity index (χ2n) is 14.3. The molecule has 1 aliphatic rings. The first kappa shape index (κ1) is 35.1. The summed E-state index contributed by atoms with van der Waals surface area (Å²) in [5.41, 5.74) is 11.8. The Morgan fingerprint density at radius 1 is 1.11 bits per heavy atom. The second kappa shape index (κ2) is 13.1. The summed E-state index contributed by atoms with van der Waals surface area (Å²) in [6, 6.07) is 7.58. The van der Waals surface area contributed by atoms with Gasteiger partial charge in [-0.05, 0) is 93.7 Å². The van der Waals surface area contributed by atoms with Crippen molar-refractivity contribution in [3.05, 3.63) is 55.5 Å². The van der Waals surface area contributed by atoms with Crippen LogP contribution in [0.15, 0.2) is 35.7 Å². The smallest absolute Gasteiger partial charge is 0.226 e. The van der Waals surface area contributed by atoms with Crippen LogP contribution in [0.25, 0.3) is 21.6 Å². The van der Waals surface area contributed by atoms with Crippen LogP contribution in [0.3, 0.4) is 0 Å². The lowest BCUT2D eigenvalue weighted by Gasteiger charge is -2.40. The summed E-state index contributed by atoms with van der Waals surface area (Å²) in [5, 5.41) is 7.60. The number of hydrogen-bond acceptors (Lipinski definition) is 8. The lowest BCUT2D eigenvalue weighted by molar-refractivity contribution is -0.0445. The van der Waals surface area contributed by atoms with Crippen molar-refractivity contribution < 1.29 is 13.6 Å². The molecule has 1 saturated heterocycles. The van der Waals surface area contributed by atoms with Gasteiger partial charge >= 0.3 is 0 Å². The van der Waals surface area contributed by atoms with E-state index in [0.29, 0.717) is 23.5 Å². The zero-order chi connectivity index (χ0) is 32.7. The predicted molar refractivity (Wildman–Crippen MR) is 189 cm³/mol. The molecule has 0 spiro atoms. The van der Waals surface area contributed by atoms with Crippen molar-refractivity contribution >= 4 is 67.8 Å². The molecule has 2 aromatic heterocycles. The summed E-state index contributed by atoms with van der Waals surface area (Å²) in [6.07, 6.45) is -0.156. The number of benzene rings is 1. The quantitative estimate of drug-likeness (QED) is 0.0545. The number of halogens is 2. The summed E-state index contributed by atoms with van der Waals surface area (Å²) in [7, 11) is -4.48. The van der Waals surface area contributed by atoms with Crippen LogP contribution < -0.4 is 5.32 Å². The van der Waals surface area contributed by atoms with Gasteiger partial charge in [0.25, 0.3) is 0 Å². The van der Waals surface area contributed by atoms with Crippen molar-refractivity contribution in [2.45, 2.75) is 109 Å². The van der Waals surface area contributed by atoms with Crippen molar-refractivity contribution in [1.82, 2.24) is 19.5 Å². The highest BCUT2D eigenvalue weighted by molar-refractivity contribution is 14.1. The molecule has 44 heavy (non-hydrogen) atoms. The van der Waals surface area contributed by atoms with Gasteiger partial charge in [-0.3, -0.25) is 4.57 Å². The highest BCUT2D eigenvalue weighted by Gasteiger charge is 2.52.